The highest BCUT2D eigenvalue weighted by Crippen LogP contribution is 2.25. The minimum Gasteiger partial charge on any atom is -0.337 e. The molecule has 6 nitrogen and oxygen atoms in total. The van der Waals surface area contributed by atoms with Crippen LogP contribution in [-0.2, 0) is 16.4 Å². The summed E-state index contributed by atoms with van der Waals surface area (Å²) in [5.41, 5.74) is 1.22. The van der Waals surface area contributed by atoms with Gasteiger partial charge in [0.15, 0.2) is 9.84 Å². The number of nitrogens with zero attached hydrogens (tertiary/aromatic N) is 2. The quantitative estimate of drug-likeness (QED) is 0.646. The van der Waals surface area contributed by atoms with Gasteiger partial charge in [0.2, 0.25) is 0 Å². The van der Waals surface area contributed by atoms with Crippen molar-refractivity contribution in [1.82, 2.24) is 15.1 Å². The molecule has 1 saturated heterocycles. The van der Waals surface area contributed by atoms with Crippen molar-refractivity contribution in [3.63, 3.8) is 0 Å². The molecule has 0 saturated carbocycles. The third kappa shape index (κ3) is 7.10. The van der Waals surface area contributed by atoms with Crippen molar-refractivity contribution in [2.75, 3.05) is 33.2 Å². The molecule has 31 heavy (non-hydrogen) atoms. The minimum atomic E-state index is -3.53. The fourth-order valence-corrected chi connectivity index (χ4v) is 5.70. The highest BCUT2D eigenvalue weighted by atomic mass is 35.5. The smallest absolute Gasteiger partial charge is 0.317 e. The van der Waals surface area contributed by atoms with Gasteiger partial charge in [-0.15, -0.1) is 12.4 Å². The number of carbonyl (C=O) groups is 1. The zero-order chi connectivity index (χ0) is 21.6. The van der Waals surface area contributed by atoms with Crippen LogP contribution in [0.2, 0.25) is 5.02 Å². The number of likely N-dealkylation sites (tertiary alicyclic amines) is 1. The van der Waals surface area contributed by atoms with Crippen LogP contribution < -0.4 is 5.32 Å². The van der Waals surface area contributed by atoms with E-state index in [-0.39, 0.29) is 29.9 Å². The number of rotatable bonds is 7. The van der Waals surface area contributed by atoms with Crippen LogP contribution in [0, 0.1) is 0 Å². The normalized spacial score (nSPS) is 16.6. The first-order valence-electron chi connectivity index (χ1n) is 10.1. The van der Waals surface area contributed by atoms with E-state index in [0.717, 1.165) is 6.54 Å². The maximum Gasteiger partial charge on any atom is 0.317 e. The second-order valence-corrected chi connectivity index (χ2v) is 10.3. The van der Waals surface area contributed by atoms with Crippen molar-refractivity contribution in [2.45, 2.75) is 29.5 Å². The summed E-state index contributed by atoms with van der Waals surface area (Å²) >= 11 is 5.96. The summed E-state index contributed by atoms with van der Waals surface area (Å²) in [6.45, 7) is 2.78. The Kier molecular flexibility index (Phi) is 9.62. The molecular formula is C22H29Cl2N3O3S. The SMILES string of the molecule is CN(CCNC(=O)N1CCCC(S(=O)(=O)c2cccc(Cl)c2)C1)Cc1ccccc1.Cl. The first-order valence-corrected chi connectivity index (χ1v) is 12.0. The van der Waals surface area contributed by atoms with Gasteiger partial charge >= 0.3 is 6.03 Å². The molecule has 9 heteroatoms. The number of hydrogen-bond acceptors (Lipinski definition) is 4. The van der Waals surface area contributed by atoms with Crippen LogP contribution in [0.15, 0.2) is 59.5 Å². The molecule has 1 heterocycles. The molecular weight excluding hydrogens is 457 g/mol. The molecule has 2 aromatic rings. The minimum absolute atomic E-state index is 0. The summed E-state index contributed by atoms with van der Waals surface area (Å²) in [6.07, 6.45) is 1.20. The number of nitrogens with one attached hydrogen (secondary N) is 1. The zero-order valence-electron chi connectivity index (χ0n) is 17.5. The maximum absolute atomic E-state index is 13.0. The molecule has 2 aromatic carbocycles. The van der Waals surface area contributed by atoms with Crippen molar-refractivity contribution < 1.29 is 13.2 Å². The van der Waals surface area contributed by atoms with Crippen LogP contribution in [-0.4, -0.2) is 62.7 Å². The van der Waals surface area contributed by atoms with Gasteiger partial charge in [-0.05, 0) is 43.7 Å². The van der Waals surface area contributed by atoms with E-state index >= 15 is 0 Å². The van der Waals surface area contributed by atoms with Crippen molar-refractivity contribution >= 4 is 39.9 Å². The lowest BCUT2D eigenvalue weighted by molar-refractivity contribution is 0.185. The predicted octanol–water partition coefficient (Wildman–Crippen LogP) is 3.84. The molecule has 0 spiro atoms. The fourth-order valence-electron chi connectivity index (χ4n) is 3.65. The Hall–Kier alpha value is -1.80. The summed E-state index contributed by atoms with van der Waals surface area (Å²) in [6, 6.07) is 16.2. The third-order valence-electron chi connectivity index (χ3n) is 5.29. The number of likely N-dealkylation sites (N-methyl/N-ethyl adjacent to an activating group) is 1. The number of amides is 2. The van der Waals surface area contributed by atoms with Gasteiger partial charge in [0.05, 0.1) is 10.1 Å². The van der Waals surface area contributed by atoms with Gasteiger partial charge in [0.1, 0.15) is 0 Å². The summed E-state index contributed by atoms with van der Waals surface area (Å²) < 4.78 is 25.9. The van der Waals surface area contributed by atoms with Crippen LogP contribution in [0.25, 0.3) is 0 Å². The monoisotopic (exact) mass is 485 g/mol. The third-order valence-corrected chi connectivity index (χ3v) is 7.70. The molecule has 1 aliphatic heterocycles. The maximum atomic E-state index is 13.0. The molecule has 2 amide bonds. The van der Waals surface area contributed by atoms with Gasteiger partial charge < -0.3 is 15.1 Å². The van der Waals surface area contributed by atoms with Crippen LogP contribution in [0.3, 0.4) is 0 Å². The Balaban J connectivity index is 0.00000341. The number of hydrogen-bond donors (Lipinski definition) is 1. The molecule has 0 aliphatic carbocycles. The second kappa shape index (κ2) is 11.7. The van der Waals surface area contributed by atoms with E-state index in [9.17, 15) is 13.2 Å². The molecule has 1 unspecified atom stereocenters. The van der Waals surface area contributed by atoms with Gasteiger partial charge in [0, 0.05) is 37.7 Å². The van der Waals surface area contributed by atoms with E-state index in [1.165, 1.54) is 11.6 Å². The zero-order valence-corrected chi connectivity index (χ0v) is 19.9. The van der Waals surface area contributed by atoms with Crippen LogP contribution >= 0.6 is 24.0 Å². The second-order valence-electron chi connectivity index (χ2n) is 7.67. The van der Waals surface area contributed by atoms with Gasteiger partial charge in [-0.2, -0.15) is 0 Å². The number of piperidine rings is 1. The lowest BCUT2D eigenvalue weighted by atomic mass is 10.1. The molecule has 0 radical (unpaired) electrons. The number of halogens is 2. The molecule has 1 N–H and O–H groups in total. The van der Waals surface area contributed by atoms with E-state index < -0.39 is 15.1 Å². The topological polar surface area (TPSA) is 69.7 Å². The van der Waals surface area contributed by atoms with E-state index in [1.54, 1.807) is 23.1 Å². The number of urea groups is 1. The Bertz CT molecular complexity index is 957. The summed E-state index contributed by atoms with van der Waals surface area (Å²) in [4.78, 5) is 16.5. The van der Waals surface area contributed by atoms with Crippen molar-refractivity contribution in [3.05, 3.63) is 65.2 Å². The molecule has 1 atom stereocenters. The average Bonchev–Trinajstić information content (AvgIpc) is 2.74. The van der Waals surface area contributed by atoms with Crippen molar-refractivity contribution in [3.8, 4) is 0 Å². The number of carbonyl (C=O) groups excluding carboxylic acids is 1. The van der Waals surface area contributed by atoms with E-state index in [1.807, 2.05) is 25.2 Å². The van der Waals surface area contributed by atoms with Gasteiger partial charge in [-0.1, -0.05) is 48.0 Å². The molecule has 0 aromatic heterocycles. The Morgan fingerprint density at radius 2 is 1.94 bits per heavy atom. The summed E-state index contributed by atoms with van der Waals surface area (Å²) in [5, 5.41) is 2.69. The lowest BCUT2D eigenvalue weighted by Crippen LogP contribution is -2.50. The number of benzene rings is 2. The van der Waals surface area contributed by atoms with E-state index in [4.69, 9.17) is 11.6 Å². The Labute approximate surface area is 195 Å². The molecule has 0 bridgehead atoms. The standard InChI is InChI=1S/C22H28ClN3O3S.ClH/c1-25(16-18-7-3-2-4-8-18)14-12-24-22(27)26-13-6-11-21(17-26)30(28,29)20-10-5-9-19(23)15-20;/h2-5,7-10,15,21H,6,11-14,16-17H2,1H3,(H,24,27);1H. The first-order chi connectivity index (χ1) is 14.4. The van der Waals surface area contributed by atoms with Gasteiger partial charge in [0.25, 0.3) is 0 Å². The predicted molar refractivity (Wildman–Crippen MR) is 127 cm³/mol. The first kappa shape index (κ1) is 25.5. The van der Waals surface area contributed by atoms with Crippen molar-refractivity contribution in [2.24, 2.45) is 0 Å². The average molecular weight is 486 g/mol. The summed E-state index contributed by atoms with van der Waals surface area (Å²) in [7, 11) is -1.53. The molecule has 1 fully saturated rings. The fraction of sp³-hybridized carbons (Fsp3) is 0.409. The van der Waals surface area contributed by atoms with Gasteiger partial charge in [-0.25, -0.2) is 13.2 Å². The largest absolute Gasteiger partial charge is 0.337 e. The van der Waals surface area contributed by atoms with Gasteiger partial charge in [-0.3, -0.25) is 0 Å². The summed E-state index contributed by atoms with van der Waals surface area (Å²) in [5.74, 6) is 0. The molecule has 3 rings (SSSR count). The van der Waals surface area contributed by atoms with E-state index in [2.05, 4.69) is 22.3 Å². The van der Waals surface area contributed by atoms with Crippen molar-refractivity contribution in [1.29, 1.82) is 0 Å². The highest BCUT2D eigenvalue weighted by Gasteiger charge is 2.33. The Morgan fingerprint density at radius 3 is 2.65 bits per heavy atom. The number of sulfone groups is 1. The lowest BCUT2D eigenvalue weighted by Gasteiger charge is -2.32. The molecule has 170 valence electrons. The van der Waals surface area contributed by atoms with Crippen LogP contribution in [0.4, 0.5) is 4.79 Å². The van der Waals surface area contributed by atoms with Crippen LogP contribution in [0.5, 0.6) is 0 Å². The van der Waals surface area contributed by atoms with E-state index in [0.29, 0.717) is 37.5 Å². The van der Waals surface area contributed by atoms with Crippen LogP contribution in [0.1, 0.15) is 18.4 Å². The molecule has 1 aliphatic rings. The highest BCUT2D eigenvalue weighted by molar-refractivity contribution is 7.92. The Morgan fingerprint density at radius 1 is 1.19 bits per heavy atom.